The van der Waals surface area contributed by atoms with Crippen molar-refractivity contribution in [1.29, 1.82) is 0 Å². The summed E-state index contributed by atoms with van der Waals surface area (Å²) in [4.78, 5) is 16.3. The fourth-order valence-electron chi connectivity index (χ4n) is 2.10. The van der Waals surface area contributed by atoms with Gasteiger partial charge in [0.05, 0.1) is 11.7 Å². The van der Waals surface area contributed by atoms with Crippen LogP contribution in [0.25, 0.3) is 0 Å². The molecule has 100 valence electrons. The van der Waals surface area contributed by atoms with E-state index in [0.717, 1.165) is 12.8 Å². The highest BCUT2D eigenvalue weighted by atomic mass is 16.2. The summed E-state index contributed by atoms with van der Waals surface area (Å²) in [5, 5.41) is 9.40. The molecule has 0 aromatic carbocycles. The highest BCUT2D eigenvalue weighted by Gasteiger charge is 2.28. The maximum atomic E-state index is 12.3. The molecule has 2 aromatic heterocycles. The Hall–Kier alpha value is -2.31. The van der Waals surface area contributed by atoms with E-state index in [0.29, 0.717) is 23.2 Å². The molecule has 1 atom stereocenters. The highest BCUT2D eigenvalue weighted by Crippen LogP contribution is 2.37. The molecule has 7 heteroatoms. The average molecular weight is 260 g/mol. The zero-order valence-electron chi connectivity index (χ0n) is 10.6. The van der Waals surface area contributed by atoms with Crippen molar-refractivity contribution < 1.29 is 4.79 Å². The van der Waals surface area contributed by atoms with Gasteiger partial charge >= 0.3 is 0 Å². The Morgan fingerprint density at radius 3 is 3.05 bits per heavy atom. The van der Waals surface area contributed by atoms with Crippen LogP contribution in [0.3, 0.4) is 0 Å². The number of anilines is 1. The van der Waals surface area contributed by atoms with Gasteiger partial charge in [0, 0.05) is 12.2 Å². The number of aromatic nitrogens is 4. The zero-order valence-corrected chi connectivity index (χ0v) is 10.6. The van der Waals surface area contributed by atoms with Crippen LogP contribution in [0.1, 0.15) is 48.2 Å². The maximum absolute atomic E-state index is 12.3. The molecular weight excluding hydrogens is 244 g/mol. The summed E-state index contributed by atoms with van der Waals surface area (Å²) >= 11 is 0. The molecule has 0 spiro atoms. The molecule has 4 N–H and O–H groups in total. The number of nitrogens with two attached hydrogens (primary N) is 1. The fraction of sp³-hybridized carbons (Fsp3) is 0.417. The molecule has 0 saturated heterocycles. The fourth-order valence-corrected chi connectivity index (χ4v) is 2.10. The van der Waals surface area contributed by atoms with E-state index in [1.807, 2.05) is 17.7 Å². The van der Waals surface area contributed by atoms with Gasteiger partial charge in [-0.25, -0.2) is 4.98 Å². The SMILES string of the molecule is CC(NC(=O)c1cc(N)cn1C1CC1)c1ncn[nH]1. The minimum atomic E-state index is -0.223. The lowest BCUT2D eigenvalue weighted by Gasteiger charge is -2.12. The summed E-state index contributed by atoms with van der Waals surface area (Å²) in [7, 11) is 0. The second-order valence-electron chi connectivity index (χ2n) is 4.86. The molecule has 1 saturated carbocycles. The molecule has 1 fully saturated rings. The summed E-state index contributed by atoms with van der Waals surface area (Å²) < 4.78 is 1.96. The average Bonchev–Trinajstić information content (AvgIpc) is 2.91. The Morgan fingerprint density at radius 2 is 2.42 bits per heavy atom. The first-order valence-corrected chi connectivity index (χ1v) is 6.28. The van der Waals surface area contributed by atoms with Gasteiger partial charge in [-0.2, -0.15) is 5.10 Å². The van der Waals surface area contributed by atoms with Gasteiger partial charge in [-0.15, -0.1) is 0 Å². The van der Waals surface area contributed by atoms with Crippen LogP contribution in [0.2, 0.25) is 0 Å². The normalized spacial score (nSPS) is 16.3. The molecule has 1 amide bonds. The number of nitrogen functional groups attached to an aromatic ring is 1. The van der Waals surface area contributed by atoms with Gasteiger partial charge < -0.3 is 15.6 Å². The van der Waals surface area contributed by atoms with Crippen LogP contribution in [0, 0.1) is 0 Å². The number of hydrogen-bond acceptors (Lipinski definition) is 4. The van der Waals surface area contributed by atoms with Crippen LogP contribution in [0.15, 0.2) is 18.6 Å². The third-order valence-electron chi connectivity index (χ3n) is 3.23. The molecule has 0 radical (unpaired) electrons. The van der Waals surface area contributed by atoms with Gasteiger partial charge in [-0.3, -0.25) is 9.89 Å². The number of rotatable bonds is 4. The van der Waals surface area contributed by atoms with Gasteiger partial charge in [0.1, 0.15) is 17.8 Å². The molecule has 0 aliphatic heterocycles. The monoisotopic (exact) mass is 260 g/mol. The van der Waals surface area contributed by atoms with Crippen LogP contribution in [0.5, 0.6) is 0 Å². The van der Waals surface area contributed by atoms with Gasteiger partial charge in [-0.05, 0) is 25.8 Å². The Balaban J connectivity index is 1.77. The summed E-state index contributed by atoms with van der Waals surface area (Å²) in [5.41, 5.74) is 7.00. The van der Waals surface area contributed by atoms with Crippen molar-refractivity contribution in [2.75, 3.05) is 5.73 Å². The number of nitrogens with one attached hydrogen (secondary N) is 2. The van der Waals surface area contributed by atoms with Crippen molar-refractivity contribution in [3.63, 3.8) is 0 Å². The molecular formula is C12H16N6O. The van der Waals surface area contributed by atoms with Crippen LogP contribution < -0.4 is 11.1 Å². The van der Waals surface area contributed by atoms with Gasteiger partial charge in [0.15, 0.2) is 0 Å². The Kier molecular flexibility index (Phi) is 2.73. The molecule has 2 aromatic rings. The van der Waals surface area contributed by atoms with Gasteiger partial charge in [-0.1, -0.05) is 0 Å². The number of aromatic amines is 1. The number of carbonyl (C=O) groups is 1. The summed E-state index contributed by atoms with van der Waals surface area (Å²) in [6.07, 6.45) is 5.45. The molecule has 3 rings (SSSR count). The van der Waals surface area contributed by atoms with E-state index in [2.05, 4.69) is 20.5 Å². The van der Waals surface area contributed by atoms with Gasteiger partial charge in [0.25, 0.3) is 5.91 Å². The summed E-state index contributed by atoms with van der Waals surface area (Å²) in [6, 6.07) is 1.90. The number of nitrogens with zero attached hydrogens (tertiary/aromatic N) is 3. The van der Waals surface area contributed by atoms with Crippen molar-refractivity contribution in [3.05, 3.63) is 30.1 Å². The minimum Gasteiger partial charge on any atom is -0.397 e. The molecule has 19 heavy (non-hydrogen) atoms. The van der Waals surface area contributed by atoms with E-state index in [1.165, 1.54) is 6.33 Å². The molecule has 2 heterocycles. The van der Waals surface area contributed by atoms with E-state index in [1.54, 1.807) is 6.07 Å². The predicted octanol–water partition coefficient (Wildman–Crippen LogP) is 1.01. The Morgan fingerprint density at radius 1 is 1.63 bits per heavy atom. The minimum absolute atomic E-state index is 0.146. The first kappa shape index (κ1) is 11.8. The van der Waals surface area contributed by atoms with E-state index >= 15 is 0 Å². The van der Waals surface area contributed by atoms with Crippen LogP contribution >= 0.6 is 0 Å². The summed E-state index contributed by atoms with van der Waals surface area (Å²) in [5.74, 6) is 0.485. The molecule has 1 aliphatic carbocycles. The lowest BCUT2D eigenvalue weighted by Crippen LogP contribution is -2.29. The zero-order chi connectivity index (χ0) is 13.4. The van der Waals surface area contributed by atoms with E-state index < -0.39 is 0 Å². The van der Waals surface area contributed by atoms with E-state index in [9.17, 15) is 4.79 Å². The number of amides is 1. The Labute approximate surface area is 110 Å². The number of H-pyrrole nitrogens is 1. The van der Waals surface area contributed by atoms with Crippen LogP contribution in [0.4, 0.5) is 5.69 Å². The molecule has 1 unspecified atom stereocenters. The van der Waals surface area contributed by atoms with E-state index in [4.69, 9.17) is 5.73 Å². The number of hydrogen-bond donors (Lipinski definition) is 3. The number of carbonyl (C=O) groups excluding carboxylic acids is 1. The first-order chi connectivity index (χ1) is 9.15. The van der Waals surface area contributed by atoms with Crippen LogP contribution in [-0.2, 0) is 0 Å². The van der Waals surface area contributed by atoms with Crippen molar-refractivity contribution in [2.45, 2.75) is 31.8 Å². The lowest BCUT2D eigenvalue weighted by molar-refractivity contribution is 0.0928. The van der Waals surface area contributed by atoms with Crippen molar-refractivity contribution in [1.82, 2.24) is 25.1 Å². The standard InChI is InChI=1S/C12H16N6O/c1-7(11-14-6-15-17-11)16-12(19)10-4-8(13)5-18(10)9-2-3-9/h4-7,9H,2-3,13H2,1H3,(H,16,19)(H,14,15,17). The van der Waals surface area contributed by atoms with E-state index in [-0.39, 0.29) is 11.9 Å². The van der Waals surface area contributed by atoms with Crippen molar-refractivity contribution in [3.8, 4) is 0 Å². The second-order valence-corrected chi connectivity index (χ2v) is 4.86. The first-order valence-electron chi connectivity index (χ1n) is 6.28. The third-order valence-corrected chi connectivity index (χ3v) is 3.23. The smallest absolute Gasteiger partial charge is 0.268 e. The molecule has 1 aliphatic rings. The van der Waals surface area contributed by atoms with Gasteiger partial charge in [0.2, 0.25) is 0 Å². The molecule has 0 bridgehead atoms. The van der Waals surface area contributed by atoms with Crippen LogP contribution in [-0.4, -0.2) is 25.7 Å². The second kappa shape index (κ2) is 4.42. The molecule has 7 nitrogen and oxygen atoms in total. The lowest BCUT2D eigenvalue weighted by atomic mass is 10.3. The Bertz CT molecular complexity index is 583. The largest absolute Gasteiger partial charge is 0.397 e. The van der Waals surface area contributed by atoms with Crippen molar-refractivity contribution in [2.24, 2.45) is 0 Å². The third kappa shape index (κ3) is 2.31. The topological polar surface area (TPSA) is 102 Å². The highest BCUT2D eigenvalue weighted by molar-refractivity contribution is 5.94. The maximum Gasteiger partial charge on any atom is 0.268 e. The predicted molar refractivity (Wildman–Crippen MR) is 69.4 cm³/mol. The quantitative estimate of drug-likeness (QED) is 0.763. The summed E-state index contributed by atoms with van der Waals surface area (Å²) in [6.45, 7) is 1.85. The van der Waals surface area contributed by atoms with Crippen molar-refractivity contribution >= 4 is 11.6 Å².